The lowest BCUT2D eigenvalue weighted by molar-refractivity contribution is -0.116. The molecule has 0 fully saturated rings. The fourth-order valence-electron chi connectivity index (χ4n) is 4.12. The first-order chi connectivity index (χ1) is 23.3. The van der Waals surface area contributed by atoms with Crippen molar-refractivity contribution in [3.8, 4) is 21.1 Å². The quantitative estimate of drug-likeness (QED) is 0.0669. The third-order valence-corrected chi connectivity index (χ3v) is 10.1. The van der Waals surface area contributed by atoms with Crippen LogP contribution in [0.2, 0.25) is 0 Å². The van der Waals surface area contributed by atoms with Gasteiger partial charge in [0.2, 0.25) is 11.8 Å². The molecular formula is C33H27N5O6S4. The van der Waals surface area contributed by atoms with Crippen molar-refractivity contribution in [1.82, 2.24) is 15.4 Å². The second-order valence-corrected chi connectivity index (χ2v) is 13.6. The normalized spacial score (nSPS) is 10.4. The number of ether oxygens (including phenoxy) is 1. The zero-order valence-corrected chi connectivity index (χ0v) is 28.4. The van der Waals surface area contributed by atoms with E-state index in [1.165, 1.54) is 52.5 Å². The monoisotopic (exact) mass is 717 g/mol. The number of benzene rings is 2. The molecule has 4 N–H and O–H groups in total. The van der Waals surface area contributed by atoms with Crippen molar-refractivity contribution >= 4 is 79.3 Å². The van der Waals surface area contributed by atoms with Crippen LogP contribution in [-0.4, -0.2) is 46.0 Å². The summed E-state index contributed by atoms with van der Waals surface area (Å²) < 4.78 is 4.70. The van der Waals surface area contributed by atoms with Crippen LogP contribution in [-0.2, 0) is 27.2 Å². The van der Waals surface area contributed by atoms with Crippen molar-refractivity contribution in [2.75, 3.05) is 17.7 Å². The minimum absolute atomic E-state index is 0.108. The van der Waals surface area contributed by atoms with Gasteiger partial charge in [0.1, 0.15) is 4.88 Å². The van der Waals surface area contributed by atoms with Crippen LogP contribution in [0.5, 0.6) is 0 Å². The predicted octanol–water partition coefficient (Wildman–Crippen LogP) is 7.01. The van der Waals surface area contributed by atoms with Gasteiger partial charge in [-0.3, -0.25) is 19.6 Å². The molecule has 0 unspecified atom stereocenters. The van der Waals surface area contributed by atoms with Gasteiger partial charge in [0, 0.05) is 10.8 Å². The molecule has 3 amide bonds. The largest absolute Gasteiger partial charge is 0.465 e. The van der Waals surface area contributed by atoms with Gasteiger partial charge in [0.25, 0.3) is 5.91 Å². The number of carbonyl (C=O) groups excluding carboxylic acids is 4. The number of hydroxylamine groups is 1. The summed E-state index contributed by atoms with van der Waals surface area (Å²) in [6, 6.07) is 25.9. The number of amides is 3. The maximum absolute atomic E-state index is 12.1. The summed E-state index contributed by atoms with van der Waals surface area (Å²) in [6.45, 7) is 0. The molecule has 2 aromatic carbocycles. The number of nitrogens with one attached hydrogen (secondary N) is 3. The zero-order chi connectivity index (χ0) is 33.9. The van der Waals surface area contributed by atoms with Gasteiger partial charge in [-0.15, -0.1) is 45.3 Å². The van der Waals surface area contributed by atoms with E-state index < -0.39 is 5.91 Å². The van der Waals surface area contributed by atoms with Crippen LogP contribution in [0, 0.1) is 0 Å². The average molecular weight is 718 g/mol. The van der Waals surface area contributed by atoms with E-state index in [1.54, 1.807) is 23.7 Å². The molecule has 0 saturated heterocycles. The van der Waals surface area contributed by atoms with Crippen molar-refractivity contribution < 1.29 is 29.1 Å². The first-order valence-electron chi connectivity index (χ1n) is 14.1. The number of hydrogen-bond acceptors (Lipinski definition) is 12. The minimum Gasteiger partial charge on any atom is -0.465 e. The van der Waals surface area contributed by atoms with Crippen LogP contribution >= 0.6 is 45.3 Å². The highest BCUT2D eigenvalue weighted by Crippen LogP contribution is 2.32. The third-order valence-electron chi connectivity index (χ3n) is 6.34. The van der Waals surface area contributed by atoms with Gasteiger partial charge in [-0.25, -0.2) is 20.2 Å². The van der Waals surface area contributed by atoms with E-state index in [0.29, 0.717) is 32.1 Å². The molecule has 15 heteroatoms. The Labute approximate surface area is 290 Å². The summed E-state index contributed by atoms with van der Waals surface area (Å²) in [4.78, 5) is 58.3. The van der Waals surface area contributed by atoms with Crippen molar-refractivity contribution in [3.63, 3.8) is 0 Å². The lowest BCUT2D eigenvalue weighted by Gasteiger charge is -2.01. The van der Waals surface area contributed by atoms with Crippen molar-refractivity contribution in [2.45, 2.75) is 12.8 Å². The second kappa shape index (κ2) is 16.7. The maximum atomic E-state index is 12.1. The Balaban J connectivity index is 0.000000188. The van der Waals surface area contributed by atoms with Crippen molar-refractivity contribution in [2.24, 2.45) is 0 Å². The van der Waals surface area contributed by atoms with Crippen LogP contribution in [0.3, 0.4) is 0 Å². The maximum Gasteiger partial charge on any atom is 0.348 e. The standard InChI is InChI=1S/C17H14N2O3S2.C16H13N3O3S2/c1-22-16(21)14-8-7-13(24-14)12-10-23-17(18-12)19-15(20)9-11-5-3-2-4-6-11;20-14(8-10-4-2-1-3-5-10)18-16-17-11(9-23-16)12-6-7-13(24-12)15(21)19-22/h2-8,10H,9H2,1H3,(H,18,19,20);1-7,9,22H,8H2,(H,19,21)(H,17,18,20). The minimum atomic E-state index is -0.558. The average Bonchev–Trinajstić information content (AvgIpc) is 3.93. The fourth-order valence-corrected chi connectivity index (χ4v) is 7.46. The van der Waals surface area contributed by atoms with E-state index >= 15 is 0 Å². The number of carbonyl (C=O) groups is 4. The fraction of sp³-hybridized carbons (Fsp3) is 0.0909. The lowest BCUT2D eigenvalue weighted by Crippen LogP contribution is -2.16. The van der Waals surface area contributed by atoms with Crippen LogP contribution in [0.4, 0.5) is 10.3 Å². The number of esters is 1. The molecule has 4 aromatic heterocycles. The molecule has 11 nitrogen and oxygen atoms in total. The summed E-state index contributed by atoms with van der Waals surface area (Å²) in [6.07, 6.45) is 0.594. The molecule has 0 radical (unpaired) electrons. The number of hydrogen-bond donors (Lipinski definition) is 4. The van der Waals surface area contributed by atoms with Gasteiger partial charge in [0.05, 0.1) is 46.0 Å². The van der Waals surface area contributed by atoms with Crippen molar-refractivity contribution in [3.05, 3.63) is 117 Å². The van der Waals surface area contributed by atoms with Crippen LogP contribution in [0.1, 0.15) is 30.5 Å². The predicted molar refractivity (Wildman–Crippen MR) is 189 cm³/mol. The molecule has 0 aliphatic heterocycles. The first-order valence-corrected chi connectivity index (χ1v) is 17.5. The van der Waals surface area contributed by atoms with Crippen molar-refractivity contribution in [1.29, 1.82) is 0 Å². The smallest absolute Gasteiger partial charge is 0.348 e. The van der Waals surface area contributed by atoms with Gasteiger partial charge in [-0.05, 0) is 35.4 Å². The number of rotatable bonds is 10. The second-order valence-electron chi connectivity index (χ2n) is 9.76. The Morgan fingerprint density at radius 1 is 0.667 bits per heavy atom. The van der Waals surface area contributed by atoms with Crippen LogP contribution < -0.4 is 16.1 Å². The van der Waals surface area contributed by atoms with Gasteiger partial charge < -0.3 is 15.4 Å². The third kappa shape index (κ3) is 9.49. The molecule has 0 bridgehead atoms. The molecule has 0 aliphatic rings. The van der Waals surface area contributed by atoms with Gasteiger partial charge >= 0.3 is 5.97 Å². The highest BCUT2D eigenvalue weighted by atomic mass is 32.1. The van der Waals surface area contributed by atoms with Gasteiger partial charge in [-0.2, -0.15) is 0 Å². The molecule has 6 rings (SSSR count). The van der Waals surface area contributed by atoms with Crippen LogP contribution in [0.25, 0.3) is 21.1 Å². The number of methoxy groups -OCH3 is 1. The van der Waals surface area contributed by atoms with Gasteiger partial charge in [0.15, 0.2) is 10.3 Å². The lowest BCUT2D eigenvalue weighted by atomic mass is 10.1. The Morgan fingerprint density at radius 2 is 1.12 bits per heavy atom. The Hall–Kier alpha value is -5.06. The molecule has 0 saturated carbocycles. The highest BCUT2D eigenvalue weighted by Gasteiger charge is 2.15. The summed E-state index contributed by atoms with van der Waals surface area (Å²) in [5, 5.41) is 18.9. The van der Waals surface area contributed by atoms with Crippen LogP contribution in [0.15, 0.2) is 95.7 Å². The number of nitrogens with zero attached hydrogens (tertiary/aromatic N) is 2. The Kier molecular flexibility index (Phi) is 11.9. The zero-order valence-electron chi connectivity index (χ0n) is 25.2. The van der Waals surface area contributed by atoms with E-state index in [0.717, 1.165) is 26.6 Å². The Morgan fingerprint density at radius 3 is 1.58 bits per heavy atom. The molecule has 48 heavy (non-hydrogen) atoms. The summed E-state index contributed by atoms with van der Waals surface area (Å²) in [5.74, 6) is -1.16. The molecular weight excluding hydrogens is 691 g/mol. The molecule has 4 heterocycles. The van der Waals surface area contributed by atoms with Gasteiger partial charge in [-0.1, -0.05) is 60.7 Å². The summed E-state index contributed by atoms with van der Waals surface area (Å²) in [5.41, 5.74) is 4.89. The van der Waals surface area contributed by atoms with E-state index in [1.807, 2.05) is 77.5 Å². The van der Waals surface area contributed by atoms with E-state index in [-0.39, 0.29) is 24.2 Å². The van der Waals surface area contributed by atoms with E-state index in [9.17, 15) is 19.2 Å². The molecule has 0 spiro atoms. The molecule has 0 aliphatic carbocycles. The first kappa shape index (κ1) is 34.3. The molecule has 0 atom stereocenters. The summed E-state index contributed by atoms with van der Waals surface area (Å²) >= 11 is 5.20. The molecule has 6 aromatic rings. The number of thiazole rings is 2. The van der Waals surface area contributed by atoms with E-state index in [2.05, 4.69) is 20.6 Å². The highest BCUT2D eigenvalue weighted by molar-refractivity contribution is 7.19. The molecule has 244 valence electrons. The number of thiophene rings is 2. The van der Waals surface area contributed by atoms with E-state index in [4.69, 9.17) is 9.94 Å². The SMILES string of the molecule is COC(=O)c1ccc(-c2csc(NC(=O)Cc3ccccc3)n2)s1.O=C(Cc1ccccc1)Nc1nc(-c2ccc(C(=O)NO)s2)cs1. The summed E-state index contributed by atoms with van der Waals surface area (Å²) in [7, 11) is 1.35. The number of aromatic nitrogens is 2. The topological polar surface area (TPSA) is 160 Å². The Bertz CT molecular complexity index is 1860. The number of anilines is 2.